The Balaban J connectivity index is 2.04. The molecule has 0 aliphatic carbocycles. The molecule has 1 amide bonds. The lowest BCUT2D eigenvalue weighted by atomic mass is 9.99. The highest BCUT2D eigenvalue weighted by molar-refractivity contribution is 5.95. The average molecular weight is 315 g/mol. The third-order valence-corrected chi connectivity index (χ3v) is 4.81. The SMILES string of the molecule is CCc1nc2c(C)cccn2c1C(=O)N1CCCCC1CCO. The molecule has 5 nitrogen and oxygen atoms in total. The van der Waals surface area contributed by atoms with Crippen LogP contribution < -0.4 is 0 Å². The number of aliphatic hydroxyl groups excluding tert-OH is 1. The predicted molar refractivity (Wildman–Crippen MR) is 89.7 cm³/mol. The van der Waals surface area contributed by atoms with Crippen molar-refractivity contribution in [2.45, 2.75) is 52.0 Å². The number of likely N-dealkylation sites (tertiary alicyclic amines) is 1. The first-order valence-electron chi connectivity index (χ1n) is 8.55. The van der Waals surface area contributed by atoms with Crippen LogP contribution in [0.1, 0.15) is 54.4 Å². The second-order valence-electron chi connectivity index (χ2n) is 6.31. The molecule has 1 unspecified atom stereocenters. The molecule has 1 N–H and O–H groups in total. The molecule has 3 heterocycles. The minimum atomic E-state index is 0.0538. The maximum atomic E-state index is 13.2. The Bertz CT molecular complexity index is 706. The van der Waals surface area contributed by atoms with Crippen LogP contribution in [0.5, 0.6) is 0 Å². The molecule has 3 rings (SSSR count). The predicted octanol–water partition coefficient (Wildman–Crippen LogP) is 2.58. The third kappa shape index (κ3) is 2.85. The fraction of sp³-hybridized carbons (Fsp3) is 0.556. The van der Waals surface area contributed by atoms with Crippen LogP contribution in [0, 0.1) is 6.92 Å². The monoisotopic (exact) mass is 315 g/mol. The zero-order valence-electron chi connectivity index (χ0n) is 14.0. The van der Waals surface area contributed by atoms with Crippen molar-refractivity contribution < 1.29 is 9.90 Å². The first-order valence-corrected chi connectivity index (χ1v) is 8.55. The number of nitrogens with zero attached hydrogens (tertiary/aromatic N) is 3. The van der Waals surface area contributed by atoms with E-state index in [1.165, 1.54) is 0 Å². The molecule has 2 aromatic heterocycles. The molecule has 2 aromatic rings. The van der Waals surface area contributed by atoms with Crippen molar-refractivity contribution in [3.05, 3.63) is 35.3 Å². The Morgan fingerprint density at radius 3 is 3.00 bits per heavy atom. The molecule has 1 aliphatic rings. The largest absolute Gasteiger partial charge is 0.396 e. The van der Waals surface area contributed by atoms with Crippen LogP contribution in [-0.4, -0.2) is 44.5 Å². The Kier molecular flexibility index (Phi) is 4.66. The van der Waals surface area contributed by atoms with Gasteiger partial charge in [-0.05, 0) is 50.7 Å². The number of aryl methyl sites for hydroxylation is 2. The van der Waals surface area contributed by atoms with Crippen molar-refractivity contribution in [2.24, 2.45) is 0 Å². The third-order valence-electron chi connectivity index (χ3n) is 4.81. The molecule has 1 fully saturated rings. The second-order valence-corrected chi connectivity index (χ2v) is 6.31. The molecular formula is C18H25N3O2. The molecule has 23 heavy (non-hydrogen) atoms. The van der Waals surface area contributed by atoms with Gasteiger partial charge in [-0.2, -0.15) is 0 Å². The number of hydrogen-bond donors (Lipinski definition) is 1. The van der Waals surface area contributed by atoms with E-state index in [2.05, 4.69) is 4.98 Å². The number of amides is 1. The maximum absolute atomic E-state index is 13.2. The summed E-state index contributed by atoms with van der Waals surface area (Å²) in [6.45, 7) is 4.95. The van der Waals surface area contributed by atoms with Gasteiger partial charge in [-0.1, -0.05) is 13.0 Å². The van der Waals surface area contributed by atoms with Gasteiger partial charge in [-0.15, -0.1) is 0 Å². The number of pyridine rings is 1. The topological polar surface area (TPSA) is 57.8 Å². The quantitative estimate of drug-likeness (QED) is 0.943. The lowest BCUT2D eigenvalue weighted by Gasteiger charge is -2.35. The summed E-state index contributed by atoms with van der Waals surface area (Å²) in [6, 6.07) is 4.12. The minimum Gasteiger partial charge on any atom is -0.396 e. The highest BCUT2D eigenvalue weighted by atomic mass is 16.3. The summed E-state index contributed by atoms with van der Waals surface area (Å²) in [5.74, 6) is 0.0538. The van der Waals surface area contributed by atoms with Crippen molar-refractivity contribution in [1.82, 2.24) is 14.3 Å². The summed E-state index contributed by atoms with van der Waals surface area (Å²) >= 11 is 0. The Labute approximate surface area is 136 Å². The number of fused-ring (bicyclic) bond motifs is 1. The van der Waals surface area contributed by atoms with Gasteiger partial charge in [0, 0.05) is 25.4 Å². The Morgan fingerprint density at radius 1 is 1.43 bits per heavy atom. The van der Waals surface area contributed by atoms with Gasteiger partial charge >= 0.3 is 0 Å². The Morgan fingerprint density at radius 2 is 2.26 bits per heavy atom. The van der Waals surface area contributed by atoms with Crippen LogP contribution in [0.4, 0.5) is 0 Å². The minimum absolute atomic E-state index is 0.0538. The van der Waals surface area contributed by atoms with E-state index in [1.807, 2.05) is 41.5 Å². The van der Waals surface area contributed by atoms with Gasteiger partial charge in [0.25, 0.3) is 5.91 Å². The van der Waals surface area contributed by atoms with Crippen molar-refractivity contribution in [3.63, 3.8) is 0 Å². The van der Waals surface area contributed by atoms with Crippen molar-refractivity contribution in [3.8, 4) is 0 Å². The number of carbonyl (C=O) groups is 1. The lowest BCUT2D eigenvalue weighted by Crippen LogP contribution is -2.44. The maximum Gasteiger partial charge on any atom is 0.273 e. The molecule has 0 aromatic carbocycles. The van der Waals surface area contributed by atoms with Gasteiger partial charge in [-0.25, -0.2) is 4.98 Å². The van der Waals surface area contributed by atoms with E-state index >= 15 is 0 Å². The van der Waals surface area contributed by atoms with E-state index in [0.717, 1.165) is 49.1 Å². The number of imidazole rings is 1. The number of hydrogen-bond acceptors (Lipinski definition) is 3. The molecule has 0 bridgehead atoms. The fourth-order valence-electron chi connectivity index (χ4n) is 3.58. The number of aliphatic hydroxyl groups is 1. The summed E-state index contributed by atoms with van der Waals surface area (Å²) in [5, 5.41) is 9.30. The van der Waals surface area contributed by atoms with E-state index in [4.69, 9.17) is 0 Å². The molecule has 0 saturated carbocycles. The van der Waals surface area contributed by atoms with Gasteiger partial charge in [0.15, 0.2) is 0 Å². The van der Waals surface area contributed by atoms with E-state index in [9.17, 15) is 9.90 Å². The molecule has 0 spiro atoms. The molecular weight excluding hydrogens is 290 g/mol. The van der Waals surface area contributed by atoms with E-state index in [1.54, 1.807) is 0 Å². The first kappa shape index (κ1) is 16.0. The van der Waals surface area contributed by atoms with Gasteiger partial charge in [0.05, 0.1) is 5.69 Å². The summed E-state index contributed by atoms with van der Waals surface area (Å²) in [4.78, 5) is 19.9. The molecule has 5 heteroatoms. The van der Waals surface area contributed by atoms with E-state index < -0.39 is 0 Å². The number of rotatable bonds is 4. The van der Waals surface area contributed by atoms with Crippen LogP contribution >= 0.6 is 0 Å². The van der Waals surface area contributed by atoms with Gasteiger partial charge in [0.2, 0.25) is 0 Å². The zero-order chi connectivity index (χ0) is 16.4. The van der Waals surface area contributed by atoms with E-state index in [0.29, 0.717) is 12.1 Å². The molecule has 124 valence electrons. The van der Waals surface area contributed by atoms with Gasteiger partial charge < -0.3 is 10.0 Å². The van der Waals surface area contributed by atoms with Crippen LogP contribution in [0.15, 0.2) is 18.3 Å². The van der Waals surface area contributed by atoms with Gasteiger partial charge in [0.1, 0.15) is 11.3 Å². The van der Waals surface area contributed by atoms with Crippen LogP contribution in [-0.2, 0) is 6.42 Å². The molecule has 1 aliphatic heterocycles. The number of piperidine rings is 1. The highest BCUT2D eigenvalue weighted by Gasteiger charge is 2.30. The van der Waals surface area contributed by atoms with Crippen LogP contribution in [0.2, 0.25) is 0 Å². The fourth-order valence-corrected chi connectivity index (χ4v) is 3.58. The smallest absolute Gasteiger partial charge is 0.273 e. The highest BCUT2D eigenvalue weighted by Crippen LogP contribution is 2.24. The number of aromatic nitrogens is 2. The first-order chi connectivity index (χ1) is 11.2. The molecule has 1 atom stereocenters. The Hall–Kier alpha value is -1.88. The molecule has 1 saturated heterocycles. The standard InChI is InChI=1S/C18H25N3O2/c1-3-15-16(21-11-6-7-13(2)17(21)19-15)18(23)20-10-5-4-8-14(20)9-12-22/h6-7,11,14,22H,3-5,8-10,12H2,1-2H3. The van der Waals surface area contributed by atoms with Gasteiger partial charge in [-0.3, -0.25) is 9.20 Å². The summed E-state index contributed by atoms with van der Waals surface area (Å²) in [5.41, 5.74) is 3.49. The summed E-state index contributed by atoms with van der Waals surface area (Å²) in [7, 11) is 0. The second kappa shape index (κ2) is 6.71. The van der Waals surface area contributed by atoms with Crippen molar-refractivity contribution in [1.29, 1.82) is 0 Å². The van der Waals surface area contributed by atoms with Crippen LogP contribution in [0.25, 0.3) is 5.65 Å². The van der Waals surface area contributed by atoms with Crippen molar-refractivity contribution in [2.75, 3.05) is 13.2 Å². The summed E-state index contributed by atoms with van der Waals surface area (Å²) in [6.07, 6.45) is 6.45. The van der Waals surface area contributed by atoms with Crippen molar-refractivity contribution >= 4 is 11.6 Å². The number of carbonyl (C=O) groups excluding carboxylic acids is 1. The lowest BCUT2D eigenvalue weighted by molar-refractivity contribution is 0.0566. The average Bonchev–Trinajstić information content (AvgIpc) is 2.95. The van der Waals surface area contributed by atoms with E-state index in [-0.39, 0.29) is 18.6 Å². The zero-order valence-corrected chi connectivity index (χ0v) is 14.0. The van der Waals surface area contributed by atoms with Crippen LogP contribution in [0.3, 0.4) is 0 Å². The normalized spacial score (nSPS) is 18.6. The summed E-state index contributed by atoms with van der Waals surface area (Å²) < 4.78 is 1.93. The molecule has 0 radical (unpaired) electrons.